The minimum absolute atomic E-state index is 0.0831. The van der Waals surface area contributed by atoms with Gasteiger partial charge in [0.2, 0.25) is 0 Å². The van der Waals surface area contributed by atoms with Crippen molar-refractivity contribution in [3.63, 3.8) is 0 Å². The summed E-state index contributed by atoms with van der Waals surface area (Å²) in [5.41, 5.74) is 5.13. The number of H-pyrrole nitrogens is 1. The highest BCUT2D eigenvalue weighted by molar-refractivity contribution is 7.80. The normalized spacial score (nSPS) is 13.6. The van der Waals surface area contributed by atoms with Gasteiger partial charge in [0.25, 0.3) is 5.56 Å². The highest BCUT2D eigenvalue weighted by Crippen LogP contribution is 2.27. The summed E-state index contributed by atoms with van der Waals surface area (Å²) in [7, 11) is 0. The molecule has 1 aliphatic heterocycles. The van der Waals surface area contributed by atoms with Crippen LogP contribution in [-0.2, 0) is 17.8 Å². The summed E-state index contributed by atoms with van der Waals surface area (Å²) in [5.74, 6) is 0.779. The molecular weight excluding hydrogens is 574 g/mol. The number of carbonyl (C=O) groups is 1. The quantitative estimate of drug-likeness (QED) is 0.259. The standard InChI is InChI=1S/C34H47N5O4S/c1-9-37(10-2)21-29-22(4)16-24-17-25(31(40)36-30(24)23(29)5)18-39(27-19-38(20-27)33(41)43-34(6,7)8)32(44)35-26-12-14-28(15-13-26)42-11-3/h12-17,27H,9-11,18-21H2,1-8H3,(H,35,44)(H,36,40). The summed E-state index contributed by atoms with van der Waals surface area (Å²) >= 11 is 5.90. The second-order valence-electron chi connectivity index (χ2n) is 12.4. The number of pyridine rings is 1. The molecule has 0 bridgehead atoms. The molecule has 10 heteroatoms. The predicted molar refractivity (Wildman–Crippen MR) is 182 cm³/mol. The molecule has 0 atom stereocenters. The zero-order valence-corrected chi connectivity index (χ0v) is 28.2. The van der Waals surface area contributed by atoms with E-state index in [-0.39, 0.29) is 17.7 Å². The van der Waals surface area contributed by atoms with E-state index < -0.39 is 5.60 Å². The number of rotatable bonds is 10. The average molecular weight is 622 g/mol. The van der Waals surface area contributed by atoms with E-state index in [0.717, 1.165) is 47.5 Å². The number of carbonyl (C=O) groups excluding carboxylic acids is 1. The minimum Gasteiger partial charge on any atom is -0.494 e. The number of hydrogen-bond donors (Lipinski definition) is 2. The molecule has 44 heavy (non-hydrogen) atoms. The molecular formula is C34H47N5O4S. The molecule has 1 aromatic heterocycles. The van der Waals surface area contributed by atoms with Gasteiger partial charge in [-0.15, -0.1) is 0 Å². The number of benzene rings is 2. The first kappa shape index (κ1) is 33.3. The Morgan fingerprint density at radius 1 is 1.07 bits per heavy atom. The molecule has 0 spiro atoms. The number of thiocarbonyl (C=S) groups is 1. The fraction of sp³-hybridized carbons (Fsp3) is 0.500. The fourth-order valence-electron chi connectivity index (χ4n) is 5.49. The van der Waals surface area contributed by atoms with Gasteiger partial charge in [0.1, 0.15) is 11.4 Å². The summed E-state index contributed by atoms with van der Waals surface area (Å²) in [4.78, 5) is 35.4. The molecule has 2 heterocycles. The Hall–Kier alpha value is -3.63. The predicted octanol–water partition coefficient (Wildman–Crippen LogP) is 6.20. The van der Waals surface area contributed by atoms with Crippen molar-refractivity contribution in [1.29, 1.82) is 0 Å². The van der Waals surface area contributed by atoms with Crippen molar-refractivity contribution in [1.82, 2.24) is 19.7 Å². The van der Waals surface area contributed by atoms with Gasteiger partial charge < -0.3 is 29.6 Å². The minimum atomic E-state index is -0.577. The van der Waals surface area contributed by atoms with Gasteiger partial charge in [0.05, 0.1) is 24.7 Å². The van der Waals surface area contributed by atoms with Gasteiger partial charge >= 0.3 is 6.09 Å². The molecule has 3 aromatic rings. The number of likely N-dealkylation sites (tertiary alicyclic amines) is 1. The average Bonchev–Trinajstić information content (AvgIpc) is 2.93. The maximum absolute atomic E-state index is 13.5. The van der Waals surface area contributed by atoms with Crippen LogP contribution in [-0.4, -0.2) is 75.3 Å². The first-order valence-corrected chi connectivity index (χ1v) is 15.9. The van der Waals surface area contributed by atoms with Crippen LogP contribution < -0.4 is 15.6 Å². The first-order chi connectivity index (χ1) is 20.8. The Kier molecular flexibility index (Phi) is 10.6. The van der Waals surface area contributed by atoms with Gasteiger partial charge in [-0.25, -0.2) is 4.79 Å². The van der Waals surface area contributed by atoms with E-state index in [1.54, 1.807) is 4.90 Å². The van der Waals surface area contributed by atoms with E-state index >= 15 is 0 Å². The largest absolute Gasteiger partial charge is 0.494 e. The molecule has 238 valence electrons. The van der Waals surface area contributed by atoms with Crippen LogP contribution >= 0.6 is 12.2 Å². The van der Waals surface area contributed by atoms with E-state index in [1.807, 2.05) is 62.9 Å². The number of aromatic amines is 1. The van der Waals surface area contributed by atoms with Gasteiger partial charge in [0.15, 0.2) is 5.11 Å². The zero-order chi connectivity index (χ0) is 32.2. The molecule has 0 unspecified atom stereocenters. The maximum atomic E-state index is 13.5. The van der Waals surface area contributed by atoms with Crippen LogP contribution in [0.1, 0.15) is 63.8 Å². The third-order valence-corrected chi connectivity index (χ3v) is 8.41. The number of aromatic nitrogens is 1. The van der Waals surface area contributed by atoms with E-state index in [9.17, 15) is 9.59 Å². The summed E-state index contributed by atoms with van der Waals surface area (Å²) < 4.78 is 11.1. The van der Waals surface area contributed by atoms with Gasteiger partial charge in [0, 0.05) is 30.9 Å². The van der Waals surface area contributed by atoms with Crippen molar-refractivity contribution in [2.24, 2.45) is 0 Å². The molecule has 1 aliphatic rings. The van der Waals surface area contributed by atoms with Crippen LogP contribution in [0.2, 0.25) is 0 Å². The molecule has 4 rings (SSSR count). The van der Waals surface area contributed by atoms with Crippen molar-refractivity contribution in [3.8, 4) is 5.75 Å². The Morgan fingerprint density at radius 3 is 2.32 bits per heavy atom. The van der Waals surface area contributed by atoms with Gasteiger partial charge in [-0.3, -0.25) is 9.69 Å². The van der Waals surface area contributed by atoms with Crippen LogP contribution in [0.15, 0.2) is 41.2 Å². The summed E-state index contributed by atoms with van der Waals surface area (Å²) in [5, 5.41) is 4.79. The topological polar surface area (TPSA) is 90.1 Å². The third-order valence-electron chi connectivity index (χ3n) is 8.07. The zero-order valence-electron chi connectivity index (χ0n) is 27.4. The molecule has 9 nitrogen and oxygen atoms in total. The van der Waals surface area contributed by atoms with Gasteiger partial charge in [-0.05, 0) is 125 Å². The van der Waals surface area contributed by atoms with Gasteiger partial charge in [-0.1, -0.05) is 13.8 Å². The second-order valence-corrected chi connectivity index (χ2v) is 12.8. The first-order valence-electron chi connectivity index (χ1n) is 15.5. The lowest BCUT2D eigenvalue weighted by Crippen LogP contribution is -2.63. The molecule has 0 aliphatic carbocycles. The van der Waals surface area contributed by atoms with Crippen molar-refractivity contribution in [2.45, 2.75) is 80.1 Å². The van der Waals surface area contributed by atoms with Crippen LogP contribution in [0.5, 0.6) is 5.75 Å². The van der Waals surface area contributed by atoms with E-state index in [0.29, 0.717) is 36.9 Å². The SMILES string of the molecule is CCOc1ccc(NC(=S)N(Cc2cc3cc(C)c(CN(CC)CC)c(C)c3[nH]c2=O)C2CN(C(=O)OC(C)(C)C)C2)cc1. The summed E-state index contributed by atoms with van der Waals surface area (Å²) in [6.45, 7) is 20.6. The lowest BCUT2D eigenvalue weighted by Gasteiger charge is -2.46. The number of aryl methyl sites for hydroxylation is 2. The smallest absolute Gasteiger partial charge is 0.410 e. The Morgan fingerprint density at radius 2 is 1.73 bits per heavy atom. The number of fused-ring (bicyclic) bond motifs is 1. The number of ether oxygens (including phenoxy) is 2. The van der Waals surface area contributed by atoms with Crippen molar-refractivity contribution >= 4 is 40.0 Å². The van der Waals surface area contributed by atoms with Crippen molar-refractivity contribution in [3.05, 3.63) is 69.0 Å². The van der Waals surface area contributed by atoms with Crippen molar-refractivity contribution < 1.29 is 14.3 Å². The monoisotopic (exact) mass is 621 g/mol. The lowest BCUT2D eigenvalue weighted by molar-refractivity contribution is -0.00544. The Balaban J connectivity index is 1.61. The van der Waals surface area contributed by atoms with Crippen LogP contribution in [0, 0.1) is 13.8 Å². The summed E-state index contributed by atoms with van der Waals surface area (Å²) in [6, 6.07) is 11.7. The van der Waals surface area contributed by atoms with Crippen molar-refractivity contribution in [2.75, 3.05) is 38.1 Å². The Bertz CT molecular complexity index is 1540. The van der Waals surface area contributed by atoms with E-state index in [4.69, 9.17) is 21.7 Å². The fourth-order valence-corrected chi connectivity index (χ4v) is 5.82. The third kappa shape index (κ3) is 7.90. The van der Waals surface area contributed by atoms with Crippen LogP contribution in [0.3, 0.4) is 0 Å². The summed E-state index contributed by atoms with van der Waals surface area (Å²) in [6.07, 6.45) is -0.353. The molecule has 0 radical (unpaired) electrons. The molecule has 1 fully saturated rings. The molecule has 1 saturated heterocycles. The van der Waals surface area contributed by atoms with E-state index in [2.05, 4.69) is 49.0 Å². The van der Waals surface area contributed by atoms with Crippen LogP contribution in [0.4, 0.5) is 10.5 Å². The highest BCUT2D eigenvalue weighted by Gasteiger charge is 2.38. The molecule has 2 aromatic carbocycles. The number of nitrogens with zero attached hydrogens (tertiary/aromatic N) is 3. The number of hydrogen-bond acceptors (Lipinski definition) is 6. The van der Waals surface area contributed by atoms with Crippen LogP contribution in [0.25, 0.3) is 10.9 Å². The Labute approximate surface area is 266 Å². The second kappa shape index (κ2) is 14.0. The number of nitrogens with one attached hydrogen (secondary N) is 2. The van der Waals surface area contributed by atoms with E-state index in [1.165, 1.54) is 11.1 Å². The number of anilines is 1. The maximum Gasteiger partial charge on any atom is 0.410 e. The van der Waals surface area contributed by atoms with Gasteiger partial charge in [-0.2, -0.15) is 0 Å². The lowest BCUT2D eigenvalue weighted by atomic mass is 9.97. The number of amides is 1. The molecule has 0 saturated carbocycles. The molecule has 1 amide bonds. The molecule has 2 N–H and O–H groups in total. The highest BCUT2D eigenvalue weighted by atomic mass is 32.1.